The van der Waals surface area contributed by atoms with E-state index in [1.807, 2.05) is 0 Å². The summed E-state index contributed by atoms with van der Waals surface area (Å²) in [6.45, 7) is 5.43. The maximum absolute atomic E-state index is 4.42. The van der Waals surface area contributed by atoms with E-state index in [4.69, 9.17) is 0 Å². The fraction of sp³-hybridized carbons (Fsp3) is 0.615. The predicted molar refractivity (Wildman–Crippen MR) is 78.4 cm³/mol. The van der Waals surface area contributed by atoms with Crippen molar-refractivity contribution in [1.82, 2.24) is 19.9 Å². The molecule has 0 aliphatic rings. The average Bonchev–Trinajstić information content (AvgIpc) is 2.85. The average molecular weight is 262 g/mol. The molecular weight excluding hydrogens is 240 g/mol. The number of anilines is 2. The first-order chi connectivity index (χ1) is 9.20. The third-order valence-electron chi connectivity index (χ3n) is 3.01. The number of nitrogens with zero attached hydrogens (tertiary/aromatic N) is 3. The molecule has 0 amide bonds. The summed E-state index contributed by atoms with van der Waals surface area (Å²) in [5.74, 6) is 2.18. The SMILES string of the molecule is CNc1nc(NCCCCC(C)C)c2[nH]cnc2n1. The molecule has 0 unspecified atom stereocenters. The first kappa shape index (κ1) is 13.6. The molecule has 0 radical (unpaired) electrons. The number of unbranched alkanes of at least 4 members (excludes halogenated alkanes) is 1. The van der Waals surface area contributed by atoms with Crippen molar-refractivity contribution in [2.24, 2.45) is 5.92 Å². The lowest BCUT2D eigenvalue weighted by atomic mass is 10.1. The number of imidazole rings is 1. The number of H-pyrrole nitrogens is 1. The molecule has 104 valence electrons. The van der Waals surface area contributed by atoms with Crippen LogP contribution < -0.4 is 10.6 Å². The summed E-state index contributed by atoms with van der Waals surface area (Å²) < 4.78 is 0. The standard InChI is InChI=1S/C13H22N6/c1-9(2)6-4-5-7-15-11-10-12(17-8-16-10)19-13(14-3)18-11/h8-9H,4-7H2,1-3H3,(H3,14,15,16,17,18,19). The molecule has 6 nitrogen and oxygen atoms in total. The zero-order valence-corrected chi connectivity index (χ0v) is 11.8. The Morgan fingerprint density at radius 1 is 1.26 bits per heavy atom. The van der Waals surface area contributed by atoms with Crippen LogP contribution in [0.15, 0.2) is 6.33 Å². The molecule has 3 N–H and O–H groups in total. The van der Waals surface area contributed by atoms with Crippen molar-refractivity contribution in [2.75, 3.05) is 24.2 Å². The molecule has 0 saturated carbocycles. The zero-order chi connectivity index (χ0) is 13.7. The first-order valence-electron chi connectivity index (χ1n) is 6.83. The fourth-order valence-corrected chi connectivity index (χ4v) is 1.96. The summed E-state index contributed by atoms with van der Waals surface area (Å²) >= 11 is 0. The van der Waals surface area contributed by atoms with E-state index in [0.29, 0.717) is 11.6 Å². The molecule has 0 aromatic carbocycles. The van der Waals surface area contributed by atoms with Gasteiger partial charge in [-0.15, -0.1) is 0 Å². The lowest BCUT2D eigenvalue weighted by Crippen LogP contribution is -2.07. The molecule has 0 spiro atoms. The Kier molecular flexibility index (Phi) is 4.54. The number of fused-ring (bicyclic) bond motifs is 1. The van der Waals surface area contributed by atoms with Crippen LogP contribution in [-0.2, 0) is 0 Å². The Hall–Kier alpha value is -1.85. The van der Waals surface area contributed by atoms with E-state index in [-0.39, 0.29) is 0 Å². The van der Waals surface area contributed by atoms with Gasteiger partial charge in [0.25, 0.3) is 0 Å². The highest BCUT2D eigenvalue weighted by atomic mass is 15.2. The molecule has 0 aliphatic heterocycles. The highest BCUT2D eigenvalue weighted by Crippen LogP contribution is 2.18. The summed E-state index contributed by atoms with van der Waals surface area (Å²) in [5.41, 5.74) is 1.55. The molecule has 0 saturated heterocycles. The van der Waals surface area contributed by atoms with E-state index in [1.54, 1.807) is 13.4 Å². The topological polar surface area (TPSA) is 78.5 Å². The third kappa shape index (κ3) is 3.56. The van der Waals surface area contributed by atoms with Gasteiger partial charge in [0.15, 0.2) is 11.5 Å². The number of aromatic nitrogens is 4. The van der Waals surface area contributed by atoms with Gasteiger partial charge >= 0.3 is 0 Å². The second kappa shape index (κ2) is 6.36. The van der Waals surface area contributed by atoms with Crippen molar-refractivity contribution in [2.45, 2.75) is 33.1 Å². The summed E-state index contributed by atoms with van der Waals surface area (Å²) in [6, 6.07) is 0. The molecule has 2 heterocycles. The van der Waals surface area contributed by atoms with E-state index in [2.05, 4.69) is 44.4 Å². The first-order valence-corrected chi connectivity index (χ1v) is 6.83. The van der Waals surface area contributed by atoms with Crippen LogP contribution in [0.5, 0.6) is 0 Å². The molecule has 0 atom stereocenters. The number of rotatable bonds is 7. The Labute approximate surface area is 113 Å². The maximum Gasteiger partial charge on any atom is 0.226 e. The van der Waals surface area contributed by atoms with Gasteiger partial charge in [0.05, 0.1) is 6.33 Å². The van der Waals surface area contributed by atoms with Crippen molar-refractivity contribution in [3.8, 4) is 0 Å². The monoisotopic (exact) mass is 262 g/mol. The molecule has 2 rings (SSSR count). The second-order valence-electron chi connectivity index (χ2n) is 5.06. The Morgan fingerprint density at radius 3 is 2.84 bits per heavy atom. The van der Waals surface area contributed by atoms with E-state index in [0.717, 1.165) is 30.2 Å². The Morgan fingerprint density at radius 2 is 2.11 bits per heavy atom. The maximum atomic E-state index is 4.42. The van der Waals surface area contributed by atoms with Crippen molar-refractivity contribution in [3.05, 3.63) is 6.33 Å². The molecule has 2 aromatic rings. The number of aromatic amines is 1. The van der Waals surface area contributed by atoms with Crippen molar-refractivity contribution in [1.29, 1.82) is 0 Å². The van der Waals surface area contributed by atoms with Crippen LogP contribution in [0.25, 0.3) is 11.2 Å². The van der Waals surface area contributed by atoms with Crippen LogP contribution in [0.4, 0.5) is 11.8 Å². The summed E-state index contributed by atoms with van der Waals surface area (Å²) in [4.78, 5) is 15.9. The molecule has 2 aromatic heterocycles. The van der Waals surface area contributed by atoms with Crippen molar-refractivity contribution in [3.63, 3.8) is 0 Å². The van der Waals surface area contributed by atoms with Crippen molar-refractivity contribution >= 4 is 22.9 Å². The third-order valence-corrected chi connectivity index (χ3v) is 3.01. The molecule has 0 aliphatic carbocycles. The van der Waals surface area contributed by atoms with E-state index in [1.165, 1.54) is 12.8 Å². The van der Waals surface area contributed by atoms with Crippen molar-refractivity contribution < 1.29 is 0 Å². The van der Waals surface area contributed by atoms with Gasteiger partial charge < -0.3 is 15.6 Å². The van der Waals surface area contributed by atoms with Gasteiger partial charge in [0, 0.05) is 13.6 Å². The quantitative estimate of drug-likeness (QED) is 0.668. The normalized spacial score (nSPS) is 11.2. The van der Waals surface area contributed by atoms with E-state index < -0.39 is 0 Å². The number of nitrogens with one attached hydrogen (secondary N) is 3. The van der Waals surface area contributed by atoms with Gasteiger partial charge in [-0.25, -0.2) is 4.98 Å². The van der Waals surface area contributed by atoms with Crippen LogP contribution in [0.1, 0.15) is 33.1 Å². The second-order valence-corrected chi connectivity index (χ2v) is 5.06. The lowest BCUT2D eigenvalue weighted by molar-refractivity contribution is 0.544. The molecule has 19 heavy (non-hydrogen) atoms. The van der Waals surface area contributed by atoms with E-state index in [9.17, 15) is 0 Å². The van der Waals surface area contributed by atoms with Gasteiger partial charge in [-0.05, 0) is 12.3 Å². The number of hydrogen-bond acceptors (Lipinski definition) is 5. The van der Waals surface area contributed by atoms with Crippen LogP contribution in [-0.4, -0.2) is 33.5 Å². The molecule has 0 bridgehead atoms. The zero-order valence-electron chi connectivity index (χ0n) is 11.8. The van der Waals surface area contributed by atoms with Crippen LogP contribution in [0.3, 0.4) is 0 Å². The Balaban J connectivity index is 1.97. The van der Waals surface area contributed by atoms with Crippen LogP contribution in [0, 0.1) is 5.92 Å². The van der Waals surface area contributed by atoms with Gasteiger partial charge in [0.2, 0.25) is 5.95 Å². The predicted octanol–water partition coefficient (Wildman–Crippen LogP) is 2.63. The number of hydrogen-bond donors (Lipinski definition) is 3. The van der Waals surface area contributed by atoms with Crippen LogP contribution in [0.2, 0.25) is 0 Å². The minimum Gasteiger partial charge on any atom is -0.368 e. The summed E-state index contributed by atoms with van der Waals surface area (Å²) in [6.07, 6.45) is 5.29. The molecule has 0 fully saturated rings. The summed E-state index contributed by atoms with van der Waals surface area (Å²) in [7, 11) is 1.81. The fourth-order valence-electron chi connectivity index (χ4n) is 1.96. The highest BCUT2D eigenvalue weighted by Gasteiger charge is 2.08. The minimum absolute atomic E-state index is 0.587. The van der Waals surface area contributed by atoms with Gasteiger partial charge in [-0.3, -0.25) is 0 Å². The Bertz CT molecular complexity index is 519. The van der Waals surface area contributed by atoms with Gasteiger partial charge in [0.1, 0.15) is 5.52 Å². The van der Waals surface area contributed by atoms with E-state index >= 15 is 0 Å². The van der Waals surface area contributed by atoms with Gasteiger partial charge in [-0.1, -0.05) is 26.7 Å². The largest absolute Gasteiger partial charge is 0.368 e. The molecular formula is C13H22N6. The summed E-state index contributed by atoms with van der Waals surface area (Å²) in [5, 5.41) is 6.31. The van der Waals surface area contributed by atoms with Gasteiger partial charge in [-0.2, -0.15) is 9.97 Å². The minimum atomic E-state index is 0.587. The smallest absolute Gasteiger partial charge is 0.226 e. The highest BCUT2D eigenvalue weighted by molar-refractivity contribution is 5.83. The molecule has 6 heteroatoms. The van der Waals surface area contributed by atoms with Crippen LogP contribution >= 0.6 is 0 Å². The lowest BCUT2D eigenvalue weighted by Gasteiger charge is -2.08.